The summed E-state index contributed by atoms with van der Waals surface area (Å²) in [6.45, 7) is 1.27. The van der Waals surface area contributed by atoms with Crippen molar-refractivity contribution in [3.8, 4) is 0 Å². The van der Waals surface area contributed by atoms with Crippen LogP contribution in [0.15, 0.2) is 24.4 Å². The van der Waals surface area contributed by atoms with E-state index in [-0.39, 0.29) is 6.54 Å². The summed E-state index contributed by atoms with van der Waals surface area (Å²) in [7, 11) is 0. The number of hydrogen-bond donors (Lipinski definition) is 1. The lowest BCUT2D eigenvalue weighted by Crippen LogP contribution is -2.30. The third-order valence-corrected chi connectivity index (χ3v) is 2.77. The zero-order valence-electron chi connectivity index (χ0n) is 11.0. The van der Waals surface area contributed by atoms with Gasteiger partial charge in [0.25, 0.3) is 0 Å². The van der Waals surface area contributed by atoms with Gasteiger partial charge in [-0.25, -0.2) is 0 Å². The van der Waals surface area contributed by atoms with Crippen molar-refractivity contribution in [1.82, 2.24) is 9.88 Å². The lowest BCUT2D eigenvalue weighted by atomic mass is 10.2. The van der Waals surface area contributed by atoms with E-state index in [9.17, 15) is 9.59 Å². The fraction of sp³-hybridized carbons (Fsp3) is 0.500. The van der Waals surface area contributed by atoms with Crippen LogP contribution in [0.5, 0.6) is 0 Å². The number of aliphatic carboxylic acids is 1. The van der Waals surface area contributed by atoms with Gasteiger partial charge in [-0.15, -0.1) is 0 Å². The lowest BCUT2D eigenvalue weighted by molar-refractivity contribution is -0.138. The summed E-state index contributed by atoms with van der Waals surface area (Å²) in [5, 5.41) is 8.89. The highest BCUT2D eigenvalue weighted by atomic mass is 16.4. The highest BCUT2D eigenvalue weighted by Crippen LogP contribution is 2.05. The molecule has 0 bridgehead atoms. The van der Waals surface area contributed by atoms with Crippen molar-refractivity contribution in [1.29, 1.82) is 0 Å². The van der Waals surface area contributed by atoms with Gasteiger partial charge >= 0.3 is 5.97 Å². The Bertz CT molecular complexity index is 382. The second kappa shape index (κ2) is 9.22. The molecule has 0 spiro atoms. The van der Waals surface area contributed by atoms with Crippen LogP contribution in [-0.2, 0) is 16.1 Å². The van der Waals surface area contributed by atoms with E-state index in [1.165, 1.54) is 0 Å². The van der Waals surface area contributed by atoms with Gasteiger partial charge in [0, 0.05) is 19.2 Å². The molecular weight excluding hydrogens is 244 g/mol. The van der Waals surface area contributed by atoms with Gasteiger partial charge < -0.3 is 9.90 Å². The van der Waals surface area contributed by atoms with Gasteiger partial charge in [-0.05, 0) is 31.5 Å². The average molecular weight is 264 g/mol. The summed E-state index contributed by atoms with van der Waals surface area (Å²) in [6, 6.07) is 5.62. The smallest absolute Gasteiger partial charge is 0.317 e. The molecule has 0 saturated carbocycles. The van der Waals surface area contributed by atoms with Gasteiger partial charge in [0.15, 0.2) is 0 Å². The Labute approximate surface area is 113 Å². The number of carbonyl (C=O) groups excluding carboxylic acids is 1. The van der Waals surface area contributed by atoms with Gasteiger partial charge in [-0.2, -0.15) is 0 Å². The zero-order chi connectivity index (χ0) is 13.9. The Balaban J connectivity index is 2.38. The number of carbonyl (C=O) groups is 2. The molecule has 0 aliphatic rings. The Morgan fingerprint density at radius 1 is 1.32 bits per heavy atom. The standard InChI is InChI=1S/C14H20N2O3/c17-10-6-2-1-5-9-16(12-14(18)19)11-13-7-3-4-8-15-13/h3-4,7-8,10H,1-2,5-6,9,11-12H2,(H,18,19). The molecule has 5 nitrogen and oxygen atoms in total. The van der Waals surface area contributed by atoms with Crippen molar-refractivity contribution >= 4 is 12.3 Å². The number of aromatic nitrogens is 1. The van der Waals surface area contributed by atoms with Crippen LogP contribution in [0.2, 0.25) is 0 Å². The summed E-state index contributed by atoms with van der Waals surface area (Å²) >= 11 is 0. The lowest BCUT2D eigenvalue weighted by Gasteiger charge is -2.19. The van der Waals surface area contributed by atoms with Gasteiger partial charge in [-0.3, -0.25) is 14.7 Å². The number of pyridine rings is 1. The minimum Gasteiger partial charge on any atom is -0.480 e. The first-order chi connectivity index (χ1) is 9.22. The quantitative estimate of drug-likeness (QED) is 0.515. The maximum atomic E-state index is 10.8. The first kappa shape index (κ1) is 15.3. The van der Waals surface area contributed by atoms with Crippen LogP contribution in [0.25, 0.3) is 0 Å². The van der Waals surface area contributed by atoms with E-state index in [4.69, 9.17) is 5.11 Å². The Kier molecular flexibility index (Phi) is 7.43. The second-order valence-electron chi connectivity index (χ2n) is 4.44. The normalized spacial score (nSPS) is 10.6. The average Bonchev–Trinajstić information content (AvgIpc) is 2.39. The van der Waals surface area contributed by atoms with Crippen molar-refractivity contribution in [3.05, 3.63) is 30.1 Å². The van der Waals surface area contributed by atoms with Crippen LogP contribution in [0.1, 0.15) is 31.4 Å². The van der Waals surface area contributed by atoms with Crippen LogP contribution < -0.4 is 0 Å². The molecule has 0 unspecified atom stereocenters. The molecule has 0 aliphatic heterocycles. The van der Waals surface area contributed by atoms with Crippen LogP contribution in [0.4, 0.5) is 0 Å². The third kappa shape index (κ3) is 7.31. The third-order valence-electron chi connectivity index (χ3n) is 2.77. The van der Waals surface area contributed by atoms with Gasteiger partial charge in [0.2, 0.25) is 0 Å². The number of carboxylic acid groups (broad SMARTS) is 1. The Morgan fingerprint density at radius 3 is 2.79 bits per heavy atom. The van der Waals surface area contributed by atoms with E-state index in [1.807, 2.05) is 23.1 Å². The number of aldehydes is 1. The number of rotatable bonds is 10. The first-order valence-corrected chi connectivity index (χ1v) is 6.50. The Morgan fingerprint density at radius 2 is 2.16 bits per heavy atom. The summed E-state index contributed by atoms with van der Waals surface area (Å²) in [5.41, 5.74) is 0.872. The predicted octanol–water partition coefficient (Wildman–Crippen LogP) is 1.73. The minimum absolute atomic E-state index is 0.0181. The van der Waals surface area contributed by atoms with Crippen LogP contribution >= 0.6 is 0 Å². The van der Waals surface area contributed by atoms with Gasteiger partial charge in [0.05, 0.1) is 12.2 Å². The maximum absolute atomic E-state index is 10.8. The van der Waals surface area contributed by atoms with Crippen LogP contribution in [0, 0.1) is 0 Å². The predicted molar refractivity (Wildman–Crippen MR) is 71.7 cm³/mol. The fourth-order valence-electron chi connectivity index (χ4n) is 1.87. The van der Waals surface area contributed by atoms with E-state index >= 15 is 0 Å². The van der Waals surface area contributed by atoms with Gasteiger partial charge in [-0.1, -0.05) is 12.5 Å². The minimum atomic E-state index is -0.830. The van der Waals surface area contributed by atoms with E-state index in [2.05, 4.69) is 4.98 Å². The molecule has 1 aromatic heterocycles. The molecule has 104 valence electrons. The summed E-state index contributed by atoms with van der Waals surface area (Å²) in [6.07, 6.45) is 5.92. The molecule has 1 heterocycles. The monoisotopic (exact) mass is 264 g/mol. The Hall–Kier alpha value is -1.75. The van der Waals surface area contributed by atoms with E-state index in [1.54, 1.807) is 6.20 Å². The first-order valence-electron chi connectivity index (χ1n) is 6.50. The molecule has 19 heavy (non-hydrogen) atoms. The van der Waals surface area contributed by atoms with Crippen molar-refractivity contribution in [2.45, 2.75) is 32.2 Å². The largest absolute Gasteiger partial charge is 0.480 e. The van der Waals surface area contributed by atoms with Crippen molar-refractivity contribution in [3.63, 3.8) is 0 Å². The molecule has 0 amide bonds. The van der Waals surface area contributed by atoms with E-state index in [0.29, 0.717) is 19.5 Å². The molecule has 0 saturated heterocycles. The summed E-state index contributed by atoms with van der Waals surface area (Å²) in [5.74, 6) is -0.830. The summed E-state index contributed by atoms with van der Waals surface area (Å²) < 4.78 is 0. The highest BCUT2D eigenvalue weighted by molar-refractivity contribution is 5.69. The van der Waals surface area contributed by atoms with Gasteiger partial charge in [0.1, 0.15) is 6.29 Å². The fourth-order valence-corrected chi connectivity index (χ4v) is 1.87. The van der Waals surface area contributed by atoms with Crippen molar-refractivity contribution in [2.75, 3.05) is 13.1 Å². The molecule has 5 heteroatoms. The molecule has 0 radical (unpaired) electrons. The van der Waals surface area contributed by atoms with Crippen molar-refractivity contribution in [2.24, 2.45) is 0 Å². The molecule has 1 N–H and O–H groups in total. The molecule has 1 aromatic rings. The molecule has 1 rings (SSSR count). The number of carboxylic acids is 1. The SMILES string of the molecule is O=CCCCCCN(CC(=O)O)Cc1ccccn1. The second-order valence-corrected chi connectivity index (χ2v) is 4.44. The maximum Gasteiger partial charge on any atom is 0.317 e. The molecule has 0 aromatic carbocycles. The van der Waals surface area contributed by atoms with Crippen LogP contribution in [0.3, 0.4) is 0 Å². The molecule has 0 fully saturated rings. The molecule has 0 aliphatic carbocycles. The molecular formula is C14H20N2O3. The van der Waals surface area contributed by atoms with E-state index in [0.717, 1.165) is 31.2 Å². The number of hydrogen-bond acceptors (Lipinski definition) is 4. The summed E-state index contributed by atoms with van der Waals surface area (Å²) in [4.78, 5) is 27.1. The topological polar surface area (TPSA) is 70.5 Å². The van der Waals surface area contributed by atoms with Crippen molar-refractivity contribution < 1.29 is 14.7 Å². The number of unbranched alkanes of at least 4 members (excludes halogenated alkanes) is 3. The van der Waals surface area contributed by atoms with Crippen LogP contribution in [-0.4, -0.2) is 40.3 Å². The highest BCUT2D eigenvalue weighted by Gasteiger charge is 2.10. The molecule has 0 atom stereocenters. The number of nitrogens with zero attached hydrogens (tertiary/aromatic N) is 2. The zero-order valence-corrected chi connectivity index (χ0v) is 11.0. The van der Waals surface area contributed by atoms with E-state index < -0.39 is 5.97 Å².